The summed E-state index contributed by atoms with van der Waals surface area (Å²) < 4.78 is 42.1. The number of aryl methyl sites for hydroxylation is 3. The quantitative estimate of drug-likeness (QED) is 0.129. The largest absolute Gasteiger partial charge is 0.424 e. The predicted molar refractivity (Wildman–Crippen MR) is 194 cm³/mol. The number of halogens is 5. The number of piperidine rings is 1. The van der Waals surface area contributed by atoms with Gasteiger partial charge in [-0.2, -0.15) is 15.1 Å². The Morgan fingerprint density at radius 2 is 1.35 bits per heavy atom. The minimum atomic E-state index is -0.460. The molecule has 5 aromatic rings. The summed E-state index contributed by atoms with van der Waals surface area (Å²) >= 11 is 14.9. The van der Waals surface area contributed by atoms with E-state index >= 15 is 0 Å². The van der Waals surface area contributed by atoms with Crippen molar-refractivity contribution in [3.8, 4) is 23.5 Å². The van der Waals surface area contributed by atoms with E-state index in [0.29, 0.717) is 53.3 Å². The topological polar surface area (TPSA) is 109 Å². The van der Waals surface area contributed by atoms with Crippen molar-refractivity contribution < 1.29 is 18.3 Å². The van der Waals surface area contributed by atoms with Crippen molar-refractivity contribution in [2.75, 3.05) is 18.0 Å². The lowest BCUT2D eigenvalue weighted by Crippen LogP contribution is -2.43. The fourth-order valence-electron chi connectivity index (χ4n) is 6.69. The van der Waals surface area contributed by atoms with Crippen LogP contribution in [0.5, 0.6) is 23.5 Å². The third kappa shape index (κ3) is 9.52. The Balaban J connectivity index is 0.000000211. The lowest BCUT2D eigenvalue weighted by molar-refractivity contribution is 0.264. The van der Waals surface area contributed by atoms with E-state index in [1.165, 1.54) is 43.2 Å². The molecule has 1 aliphatic carbocycles. The number of rotatable bonds is 11. The molecule has 1 saturated heterocycles. The van der Waals surface area contributed by atoms with Crippen LogP contribution in [0.15, 0.2) is 53.5 Å². The van der Waals surface area contributed by atoms with Crippen LogP contribution in [0.2, 0.25) is 10.0 Å². The molecule has 4 heterocycles. The molecular weight excluding hydrogens is 767 g/mol. The Morgan fingerprint density at radius 3 is 1.90 bits per heavy atom. The standard InChI is InChI=1S/C24H28ClFN6O.C11H10BrClFN3O/c1-3-6-32-24(33-20-9-18(25)8-19(26)10-20)29-22(30-32)11-21-16-4-5-17(21)13-31(12-16)23-7-15(2)27-14-28-23;1-2-3-17-11(15-10(12)16-17)18-9-5-7(13)4-8(14)6-9/h7-10,14,16-17,21H,3-6,11-13H2,1-2H3;4-6H,2-3H2,1H3/t16-,17+,21?;. The zero-order chi connectivity index (χ0) is 36.1. The summed E-state index contributed by atoms with van der Waals surface area (Å²) in [5, 5.41) is 9.41. The SMILES string of the molecule is CCCn1nc(Br)nc1Oc1cc(F)cc(Cl)c1.CCCn1nc(CC2[C@@H]3CC[C@H]2CN(c2cc(C)ncn2)C3)nc1Oc1cc(F)cc(Cl)c1. The maximum atomic E-state index is 13.7. The van der Waals surface area contributed by atoms with Crippen LogP contribution in [0.4, 0.5) is 14.6 Å². The lowest BCUT2D eigenvalue weighted by atomic mass is 9.82. The van der Waals surface area contributed by atoms with Gasteiger partial charge in [0.2, 0.25) is 4.73 Å². The average Bonchev–Trinajstić information content (AvgIpc) is 3.67. The third-order valence-electron chi connectivity index (χ3n) is 8.82. The molecule has 0 spiro atoms. The van der Waals surface area contributed by atoms with E-state index in [1.54, 1.807) is 21.8 Å². The van der Waals surface area contributed by atoms with E-state index in [0.717, 1.165) is 49.7 Å². The second-order valence-corrected chi connectivity index (χ2v) is 14.3. The minimum absolute atomic E-state index is 0.269. The second kappa shape index (κ2) is 16.6. The van der Waals surface area contributed by atoms with Gasteiger partial charge in [0.25, 0.3) is 0 Å². The van der Waals surface area contributed by atoms with E-state index in [-0.39, 0.29) is 15.8 Å². The molecule has 0 radical (unpaired) electrons. The minimum Gasteiger partial charge on any atom is -0.424 e. The van der Waals surface area contributed by atoms with Crippen LogP contribution in [-0.2, 0) is 19.5 Å². The Kier molecular flexibility index (Phi) is 12.0. The lowest BCUT2D eigenvalue weighted by Gasteiger charge is -2.38. The van der Waals surface area contributed by atoms with Gasteiger partial charge in [0, 0.05) is 66.5 Å². The van der Waals surface area contributed by atoms with Gasteiger partial charge < -0.3 is 14.4 Å². The molecule has 2 aliphatic rings. The maximum Gasteiger partial charge on any atom is 0.321 e. The van der Waals surface area contributed by atoms with Gasteiger partial charge in [0.1, 0.15) is 35.3 Å². The highest BCUT2D eigenvalue weighted by Gasteiger charge is 2.43. The summed E-state index contributed by atoms with van der Waals surface area (Å²) in [6.07, 6.45) is 6.69. The molecule has 1 saturated carbocycles. The molecule has 2 bridgehead atoms. The molecule has 3 atom stereocenters. The first kappa shape index (κ1) is 36.9. The molecule has 3 aromatic heterocycles. The van der Waals surface area contributed by atoms with Gasteiger partial charge in [-0.15, -0.1) is 5.10 Å². The third-order valence-corrected chi connectivity index (χ3v) is 9.59. The first-order valence-electron chi connectivity index (χ1n) is 16.9. The Hall–Kier alpha value is -3.88. The molecule has 51 heavy (non-hydrogen) atoms. The van der Waals surface area contributed by atoms with Gasteiger partial charge in [-0.1, -0.05) is 37.0 Å². The average molecular weight is 806 g/mol. The van der Waals surface area contributed by atoms with E-state index in [9.17, 15) is 8.78 Å². The zero-order valence-corrected chi connectivity index (χ0v) is 31.5. The summed E-state index contributed by atoms with van der Waals surface area (Å²) in [7, 11) is 0. The first-order chi connectivity index (χ1) is 24.6. The summed E-state index contributed by atoms with van der Waals surface area (Å²) in [6.45, 7) is 9.44. The zero-order valence-electron chi connectivity index (χ0n) is 28.4. The molecule has 1 aliphatic heterocycles. The number of fused-ring (bicyclic) bond motifs is 2. The summed E-state index contributed by atoms with van der Waals surface area (Å²) in [5.74, 6) is 3.23. The maximum absolute atomic E-state index is 13.7. The molecule has 0 N–H and O–H groups in total. The highest BCUT2D eigenvalue weighted by molar-refractivity contribution is 9.10. The van der Waals surface area contributed by atoms with Crippen LogP contribution in [0.25, 0.3) is 0 Å². The molecule has 270 valence electrons. The Morgan fingerprint density at radius 1 is 0.784 bits per heavy atom. The number of ether oxygens (including phenoxy) is 2. The van der Waals surface area contributed by atoms with Crippen molar-refractivity contribution in [2.24, 2.45) is 17.8 Å². The van der Waals surface area contributed by atoms with Gasteiger partial charge in [0.15, 0.2) is 5.82 Å². The summed E-state index contributed by atoms with van der Waals surface area (Å²) in [5.41, 5.74) is 0.993. The van der Waals surface area contributed by atoms with Crippen LogP contribution >= 0.6 is 39.1 Å². The van der Waals surface area contributed by atoms with Gasteiger partial charge in [-0.3, -0.25) is 0 Å². The summed E-state index contributed by atoms with van der Waals surface area (Å²) in [6, 6.07) is 10.9. The van der Waals surface area contributed by atoms with E-state index < -0.39 is 11.6 Å². The van der Waals surface area contributed by atoms with Crippen LogP contribution in [-0.4, -0.2) is 52.6 Å². The summed E-state index contributed by atoms with van der Waals surface area (Å²) in [4.78, 5) is 19.9. The molecule has 1 unspecified atom stereocenters. The van der Waals surface area contributed by atoms with Gasteiger partial charge in [-0.25, -0.2) is 28.1 Å². The van der Waals surface area contributed by atoms with Crippen molar-refractivity contribution in [1.29, 1.82) is 0 Å². The van der Waals surface area contributed by atoms with Gasteiger partial charge in [-0.05, 0) is 90.6 Å². The fourth-order valence-corrected chi connectivity index (χ4v) is 7.46. The highest BCUT2D eigenvalue weighted by Crippen LogP contribution is 2.44. The Labute approximate surface area is 313 Å². The predicted octanol–water partition coefficient (Wildman–Crippen LogP) is 9.11. The van der Waals surface area contributed by atoms with Gasteiger partial charge in [0.05, 0.1) is 0 Å². The number of hydrogen-bond acceptors (Lipinski definition) is 9. The first-order valence-corrected chi connectivity index (χ1v) is 18.5. The van der Waals surface area contributed by atoms with Crippen LogP contribution < -0.4 is 14.4 Å². The van der Waals surface area contributed by atoms with Crippen molar-refractivity contribution >= 4 is 44.9 Å². The monoisotopic (exact) mass is 803 g/mol. The van der Waals surface area contributed by atoms with E-state index in [4.69, 9.17) is 42.8 Å². The number of anilines is 1. The number of nitrogens with zero attached hydrogens (tertiary/aromatic N) is 9. The number of hydrogen-bond donors (Lipinski definition) is 0. The van der Waals surface area contributed by atoms with Gasteiger partial charge >= 0.3 is 12.0 Å². The number of aromatic nitrogens is 8. The van der Waals surface area contributed by atoms with Crippen LogP contribution in [0.1, 0.15) is 51.0 Å². The van der Waals surface area contributed by atoms with E-state index in [1.807, 2.05) is 13.8 Å². The van der Waals surface area contributed by atoms with Crippen molar-refractivity contribution in [1.82, 2.24) is 39.5 Å². The molecule has 2 fully saturated rings. The molecular formula is C35H38BrCl2F2N9O2. The van der Waals surface area contributed by atoms with Crippen LogP contribution in [0.3, 0.4) is 0 Å². The van der Waals surface area contributed by atoms with Crippen molar-refractivity contribution in [3.05, 3.63) is 86.7 Å². The molecule has 2 aromatic carbocycles. The number of benzene rings is 2. The second-order valence-electron chi connectivity index (χ2n) is 12.7. The molecule has 16 heteroatoms. The molecule has 7 rings (SSSR count). The van der Waals surface area contributed by atoms with Crippen molar-refractivity contribution in [3.63, 3.8) is 0 Å². The normalized spacial score (nSPS) is 18.0. The fraction of sp³-hybridized carbons (Fsp3) is 0.429. The Bertz CT molecular complexity index is 1910. The van der Waals surface area contributed by atoms with E-state index in [2.05, 4.69) is 53.9 Å². The molecule has 0 amide bonds. The smallest absolute Gasteiger partial charge is 0.321 e. The van der Waals surface area contributed by atoms with Crippen LogP contribution in [0, 0.1) is 36.3 Å². The molecule has 11 nitrogen and oxygen atoms in total. The highest BCUT2D eigenvalue weighted by atomic mass is 79.9. The van der Waals surface area contributed by atoms with Crippen molar-refractivity contribution in [2.45, 2.75) is 66.0 Å².